The Morgan fingerprint density at radius 3 is 2.90 bits per heavy atom. The third-order valence-corrected chi connectivity index (χ3v) is 4.07. The third kappa shape index (κ3) is 5.41. The van der Waals surface area contributed by atoms with Crippen LogP contribution in [0.5, 0.6) is 0 Å². The lowest BCUT2D eigenvalue weighted by Gasteiger charge is -2.20. The van der Waals surface area contributed by atoms with Crippen LogP contribution in [0.15, 0.2) is 41.2 Å². The van der Waals surface area contributed by atoms with E-state index in [1.807, 2.05) is 12.3 Å². The summed E-state index contributed by atoms with van der Waals surface area (Å²) in [6.07, 6.45) is 2.98. The second-order valence-electron chi connectivity index (χ2n) is 4.82. The van der Waals surface area contributed by atoms with Crippen LogP contribution >= 0.6 is 11.3 Å². The first-order valence-electron chi connectivity index (χ1n) is 7.22. The molecule has 0 aliphatic rings. The monoisotopic (exact) mass is 289 g/mol. The molecule has 3 nitrogen and oxygen atoms in total. The molecule has 0 aromatic carbocycles. The summed E-state index contributed by atoms with van der Waals surface area (Å²) in [6.45, 7) is 7.35. The van der Waals surface area contributed by atoms with E-state index in [2.05, 4.69) is 51.1 Å². The maximum atomic E-state index is 4.38. The summed E-state index contributed by atoms with van der Waals surface area (Å²) in [6, 6.07) is 8.31. The Morgan fingerprint density at radius 1 is 1.25 bits per heavy atom. The van der Waals surface area contributed by atoms with Crippen LogP contribution in [-0.4, -0.2) is 36.1 Å². The summed E-state index contributed by atoms with van der Waals surface area (Å²) in [5, 5.41) is 7.88. The van der Waals surface area contributed by atoms with E-state index < -0.39 is 0 Å². The number of nitrogens with zero attached hydrogens (tertiary/aromatic N) is 2. The number of rotatable bonds is 9. The van der Waals surface area contributed by atoms with Crippen LogP contribution in [0.25, 0.3) is 0 Å². The van der Waals surface area contributed by atoms with Crippen molar-refractivity contribution >= 4 is 11.3 Å². The van der Waals surface area contributed by atoms with Crippen LogP contribution in [0.1, 0.15) is 18.2 Å². The number of thiophene rings is 1. The molecule has 0 saturated carbocycles. The molecule has 0 radical (unpaired) electrons. The third-order valence-electron chi connectivity index (χ3n) is 3.33. The molecule has 0 atom stereocenters. The molecule has 2 rings (SSSR count). The van der Waals surface area contributed by atoms with E-state index >= 15 is 0 Å². The van der Waals surface area contributed by atoms with Gasteiger partial charge in [0.2, 0.25) is 0 Å². The van der Waals surface area contributed by atoms with Gasteiger partial charge in [0.25, 0.3) is 0 Å². The number of aromatic nitrogens is 1. The topological polar surface area (TPSA) is 28.2 Å². The molecule has 0 aliphatic carbocycles. The minimum Gasteiger partial charge on any atom is -0.315 e. The predicted molar refractivity (Wildman–Crippen MR) is 86.1 cm³/mol. The maximum Gasteiger partial charge on any atom is 0.0543 e. The molecule has 20 heavy (non-hydrogen) atoms. The molecule has 0 spiro atoms. The fraction of sp³-hybridized carbons (Fsp3) is 0.438. The van der Waals surface area contributed by atoms with Crippen molar-refractivity contribution in [2.24, 2.45) is 0 Å². The van der Waals surface area contributed by atoms with E-state index in [9.17, 15) is 0 Å². The molecule has 1 N–H and O–H groups in total. The normalized spacial score (nSPS) is 11.1. The van der Waals surface area contributed by atoms with Gasteiger partial charge in [0.1, 0.15) is 0 Å². The summed E-state index contributed by atoms with van der Waals surface area (Å²) in [5.41, 5.74) is 2.58. The molecular formula is C16H23N3S. The van der Waals surface area contributed by atoms with Gasteiger partial charge in [-0.1, -0.05) is 13.0 Å². The molecule has 2 aromatic rings. The van der Waals surface area contributed by atoms with Gasteiger partial charge in [-0.05, 0) is 54.0 Å². The molecule has 0 amide bonds. The highest BCUT2D eigenvalue weighted by Crippen LogP contribution is 2.05. The van der Waals surface area contributed by atoms with E-state index in [4.69, 9.17) is 0 Å². The molecule has 0 unspecified atom stereocenters. The summed E-state index contributed by atoms with van der Waals surface area (Å²) < 4.78 is 0. The van der Waals surface area contributed by atoms with Crippen LogP contribution in [0.3, 0.4) is 0 Å². The number of pyridine rings is 1. The van der Waals surface area contributed by atoms with Gasteiger partial charge in [-0.3, -0.25) is 9.88 Å². The summed E-state index contributed by atoms with van der Waals surface area (Å²) >= 11 is 1.77. The summed E-state index contributed by atoms with van der Waals surface area (Å²) in [7, 11) is 0. The lowest BCUT2D eigenvalue weighted by atomic mass is 10.2. The van der Waals surface area contributed by atoms with E-state index in [1.165, 1.54) is 5.56 Å². The van der Waals surface area contributed by atoms with Crippen molar-refractivity contribution in [1.29, 1.82) is 0 Å². The van der Waals surface area contributed by atoms with Gasteiger partial charge in [0, 0.05) is 25.8 Å². The Morgan fingerprint density at radius 2 is 2.20 bits per heavy atom. The van der Waals surface area contributed by atoms with E-state index in [-0.39, 0.29) is 0 Å². The largest absolute Gasteiger partial charge is 0.315 e. The number of hydrogen-bond donors (Lipinski definition) is 1. The number of nitrogens with one attached hydrogen (secondary N) is 1. The Balaban J connectivity index is 1.61. The smallest absolute Gasteiger partial charge is 0.0543 e. The van der Waals surface area contributed by atoms with Crippen LogP contribution in [0, 0.1) is 0 Å². The fourth-order valence-electron chi connectivity index (χ4n) is 2.10. The van der Waals surface area contributed by atoms with Crippen molar-refractivity contribution < 1.29 is 0 Å². The SMILES string of the molecule is CCN(CCNCCc1ccsc1)Cc1ccccn1. The minimum absolute atomic E-state index is 0.934. The quantitative estimate of drug-likeness (QED) is 0.720. The molecule has 0 fully saturated rings. The lowest BCUT2D eigenvalue weighted by Crippen LogP contribution is -2.32. The molecule has 2 aromatic heterocycles. The molecule has 0 bridgehead atoms. The van der Waals surface area contributed by atoms with Crippen molar-refractivity contribution in [2.45, 2.75) is 19.9 Å². The van der Waals surface area contributed by atoms with Gasteiger partial charge in [0.05, 0.1) is 5.69 Å². The first kappa shape index (κ1) is 15.2. The van der Waals surface area contributed by atoms with Crippen molar-refractivity contribution in [2.75, 3.05) is 26.2 Å². The molecule has 2 heterocycles. The van der Waals surface area contributed by atoms with Crippen molar-refractivity contribution in [3.05, 3.63) is 52.5 Å². The zero-order valence-electron chi connectivity index (χ0n) is 12.1. The summed E-state index contributed by atoms with van der Waals surface area (Å²) in [5.74, 6) is 0. The number of hydrogen-bond acceptors (Lipinski definition) is 4. The average molecular weight is 289 g/mol. The van der Waals surface area contributed by atoms with Crippen molar-refractivity contribution in [3.63, 3.8) is 0 Å². The van der Waals surface area contributed by atoms with Crippen LogP contribution in [0.2, 0.25) is 0 Å². The van der Waals surface area contributed by atoms with Gasteiger partial charge in [-0.2, -0.15) is 11.3 Å². The molecule has 0 saturated heterocycles. The molecule has 0 aliphatic heterocycles. The first-order valence-corrected chi connectivity index (χ1v) is 8.17. The van der Waals surface area contributed by atoms with Crippen LogP contribution < -0.4 is 5.32 Å². The van der Waals surface area contributed by atoms with Gasteiger partial charge < -0.3 is 5.32 Å². The highest BCUT2D eigenvalue weighted by Gasteiger charge is 2.03. The zero-order valence-corrected chi connectivity index (χ0v) is 12.9. The summed E-state index contributed by atoms with van der Waals surface area (Å²) in [4.78, 5) is 6.80. The molecule has 4 heteroatoms. The first-order chi connectivity index (χ1) is 9.88. The standard InChI is InChI=1S/C16H23N3S/c1-2-19(13-16-5-3-4-8-18-16)11-10-17-9-6-15-7-12-20-14-15/h3-5,7-8,12,14,17H,2,6,9-11,13H2,1H3. The Labute approximate surface area is 125 Å². The van der Waals surface area contributed by atoms with E-state index in [1.54, 1.807) is 11.3 Å². The second kappa shape index (κ2) is 8.84. The molecular weight excluding hydrogens is 266 g/mol. The van der Waals surface area contributed by atoms with Gasteiger partial charge in [-0.25, -0.2) is 0 Å². The Kier molecular flexibility index (Phi) is 6.71. The maximum absolute atomic E-state index is 4.38. The Bertz CT molecular complexity index is 456. The van der Waals surface area contributed by atoms with Gasteiger partial charge in [-0.15, -0.1) is 0 Å². The van der Waals surface area contributed by atoms with Crippen molar-refractivity contribution in [1.82, 2.24) is 15.2 Å². The molecule has 108 valence electrons. The van der Waals surface area contributed by atoms with Crippen molar-refractivity contribution in [3.8, 4) is 0 Å². The minimum atomic E-state index is 0.934. The van der Waals surface area contributed by atoms with E-state index in [0.29, 0.717) is 0 Å². The van der Waals surface area contributed by atoms with Crippen LogP contribution in [0.4, 0.5) is 0 Å². The highest BCUT2D eigenvalue weighted by atomic mass is 32.1. The fourth-order valence-corrected chi connectivity index (χ4v) is 2.80. The predicted octanol–water partition coefficient (Wildman–Crippen LogP) is 2.80. The van der Waals surface area contributed by atoms with Gasteiger partial charge >= 0.3 is 0 Å². The Hall–Kier alpha value is -1.23. The van der Waals surface area contributed by atoms with Crippen LogP contribution in [-0.2, 0) is 13.0 Å². The second-order valence-corrected chi connectivity index (χ2v) is 5.60. The van der Waals surface area contributed by atoms with Gasteiger partial charge in [0.15, 0.2) is 0 Å². The highest BCUT2D eigenvalue weighted by molar-refractivity contribution is 7.07. The average Bonchev–Trinajstić information content (AvgIpc) is 3.00. The lowest BCUT2D eigenvalue weighted by molar-refractivity contribution is 0.276. The zero-order chi connectivity index (χ0) is 14.0. The number of likely N-dealkylation sites (N-methyl/N-ethyl adjacent to an activating group) is 1. The van der Waals surface area contributed by atoms with E-state index in [0.717, 1.165) is 44.8 Å².